The predicted octanol–water partition coefficient (Wildman–Crippen LogP) is 2.96. The minimum absolute atomic E-state index is 0.242. The van der Waals surface area contributed by atoms with E-state index in [9.17, 15) is 0 Å². The zero-order valence-corrected chi connectivity index (χ0v) is 10.9. The van der Waals surface area contributed by atoms with E-state index in [-0.39, 0.29) is 6.10 Å². The average Bonchev–Trinajstić information content (AvgIpc) is 2.20. The Kier molecular flexibility index (Phi) is 5.73. The smallest absolute Gasteiger partial charge is 0.119 e. The monoisotopic (exact) mass is 271 g/mol. The SMILES string of the molecule is CC(C)Oc1ccc(CCNCBr)cc1. The topological polar surface area (TPSA) is 21.3 Å². The van der Waals surface area contributed by atoms with Crippen molar-refractivity contribution in [1.29, 1.82) is 0 Å². The Morgan fingerprint density at radius 1 is 1.27 bits per heavy atom. The maximum Gasteiger partial charge on any atom is 0.119 e. The number of hydrogen-bond donors (Lipinski definition) is 1. The van der Waals surface area contributed by atoms with Gasteiger partial charge in [-0.25, -0.2) is 0 Å². The summed E-state index contributed by atoms with van der Waals surface area (Å²) >= 11 is 3.33. The first-order chi connectivity index (χ1) is 7.22. The summed E-state index contributed by atoms with van der Waals surface area (Å²) in [6.45, 7) is 5.07. The third-order valence-electron chi connectivity index (χ3n) is 1.98. The van der Waals surface area contributed by atoms with Crippen LogP contribution < -0.4 is 10.1 Å². The van der Waals surface area contributed by atoms with E-state index in [1.165, 1.54) is 5.56 Å². The molecular formula is C12H18BrNO. The van der Waals surface area contributed by atoms with E-state index in [0.717, 1.165) is 24.2 Å². The van der Waals surface area contributed by atoms with Gasteiger partial charge in [-0.05, 0) is 44.5 Å². The normalized spacial score (nSPS) is 10.7. The van der Waals surface area contributed by atoms with Crippen LogP contribution in [0.15, 0.2) is 24.3 Å². The molecule has 1 aromatic carbocycles. The van der Waals surface area contributed by atoms with Crippen molar-refractivity contribution in [1.82, 2.24) is 5.32 Å². The zero-order valence-electron chi connectivity index (χ0n) is 9.29. The zero-order chi connectivity index (χ0) is 11.1. The molecule has 1 aromatic rings. The number of hydrogen-bond acceptors (Lipinski definition) is 2. The van der Waals surface area contributed by atoms with Crippen LogP contribution in [0.2, 0.25) is 0 Å². The maximum absolute atomic E-state index is 5.57. The highest BCUT2D eigenvalue weighted by Crippen LogP contribution is 2.13. The van der Waals surface area contributed by atoms with Crippen LogP contribution in [-0.4, -0.2) is 18.1 Å². The minimum Gasteiger partial charge on any atom is -0.491 e. The van der Waals surface area contributed by atoms with Gasteiger partial charge in [-0.1, -0.05) is 28.1 Å². The fraction of sp³-hybridized carbons (Fsp3) is 0.500. The molecule has 0 bridgehead atoms. The van der Waals surface area contributed by atoms with Gasteiger partial charge in [-0.15, -0.1) is 0 Å². The van der Waals surface area contributed by atoms with Gasteiger partial charge in [-0.3, -0.25) is 0 Å². The van der Waals surface area contributed by atoms with E-state index in [1.807, 2.05) is 26.0 Å². The van der Waals surface area contributed by atoms with Crippen molar-refractivity contribution in [2.75, 3.05) is 12.0 Å². The first-order valence-electron chi connectivity index (χ1n) is 5.24. The van der Waals surface area contributed by atoms with Crippen molar-refractivity contribution in [3.8, 4) is 5.75 Å². The number of halogens is 1. The number of alkyl halides is 1. The van der Waals surface area contributed by atoms with Gasteiger partial charge in [-0.2, -0.15) is 0 Å². The van der Waals surface area contributed by atoms with Gasteiger partial charge in [0.1, 0.15) is 5.75 Å². The minimum atomic E-state index is 0.242. The molecule has 0 radical (unpaired) electrons. The van der Waals surface area contributed by atoms with Gasteiger partial charge < -0.3 is 10.1 Å². The Morgan fingerprint density at radius 3 is 2.47 bits per heavy atom. The highest BCUT2D eigenvalue weighted by atomic mass is 79.9. The van der Waals surface area contributed by atoms with Gasteiger partial charge in [0.2, 0.25) is 0 Å². The summed E-state index contributed by atoms with van der Waals surface area (Å²) in [4.78, 5) is 0. The lowest BCUT2D eigenvalue weighted by Gasteiger charge is -2.10. The number of rotatable bonds is 6. The molecule has 0 unspecified atom stereocenters. The summed E-state index contributed by atoms with van der Waals surface area (Å²) in [5.74, 6) is 0.946. The van der Waals surface area contributed by atoms with Gasteiger partial charge in [0, 0.05) is 0 Å². The molecule has 0 spiro atoms. The molecule has 84 valence electrons. The molecule has 2 nitrogen and oxygen atoms in total. The van der Waals surface area contributed by atoms with Crippen LogP contribution in [0, 0.1) is 0 Å². The Hall–Kier alpha value is -0.540. The van der Waals surface area contributed by atoms with Crippen molar-refractivity contribution >= 4 is 15.9 Å². The molecule has 1 N–H and O–H groups in total. The Bertz CT molecular complexity index is 271. The van der Waals surface area contributed by atoms with Crippen molar-refractivity contribution in [3.05, 3.63) is 29.8 Å². The standard InChI is InChI=1S/C12H18BrNO/c1-10(2)15-12-5-3-11(4-6-12)7-8-14-9-13/h3-6,10,14H,7-9H2,1-2H3. The van der Waals surface area contributed by atoms with Crippen LogP contribution in [-0.2, 0) is 6.42 Å². The fourth-order valence-electron chi connectivity index (χ4n) is 1.31. The summed E-state index contributed by atoms with van der Waals surface area (Å²) in [5.41, 5.74) is 2.18. The van der Waals surface area contributed by atoms with Crippen LogP contribution in [0.25, 0.3) is 0 Å². The number of nitrogens with one attached hydrogen (secondary N) is 1. The van der Waals surface area contributed by atoms with E-state index < -0.39 is 0 Å². The van der Waals surface area contributed by atoms with Crippen LogP contribution in [0.1, 0.15) is 19.4 Å². The molecule has 0 saturated heterocycles. The molecule has 0 saturated carbocycles. The van der Waals surface area contributed by atoms with Crippen LogP contribution in [0.4, 0.5) is 0 Å². The Labute approximate surface area is 100 Å². The van der Waals surface area contributed by atoms with E-state index in [2.05, 4.69) is 33.4 Å². The number of ether oxygens (including phenoxy) is 1. The highest BCUT2D eigenvalue weighted by molar-refractivity contribution is 9.09. The molecule has 0 fully saturated rings. The van der Waals surface area contributed by atoms with Crippen molar-refractivity contribution in [2.24, 2.45) is 0 Å². The molecule has 0 heterocycles. The predicted molar refractivity (Wildman–Crippen MR) is 67.7 cm³/mol. The highest BCUT2D eigenvalue weighted by Gasteiger charge is 1.97. The molecule has 0 aromatic heterocycles. The molecule has 15 heavy (non-hydrogen) atoms. The van der Waals surface area contributed by atoms with Crippen molar-refractivity contribution in [2.45, 2.75) is 26.4 Å². The first-order valence-corrected chi connectivity index (χ1v) is 6.37. The molecule has 0 atom stereocenters. The lowest BCUT2D eigenvalue weighted by molar-refractivity contribution is 0.242. The molecule has 0 aliphatic carbocycles. The van der Waals surface area contributed by atoms with E-state index in [0.29, 0.717) is 0 Å². The Balaban J connectivity index is 2.42. The molecule has 0 amide bonds. The van der Waals surface area contributed by atoms with Gasteiger partial charge >= 0.3 is 0 Å². The second-order valence-corrected chi connectivity index (χ2v) is 4.25. The molecule has 3 heteroatoms. The van der Waals surface area contributed by atoms with Gasteiger partial charge in [0.15, 0.2) is 0 Å². The van der Waals surface area contributed by atoms with E-state index in [1.54, 1.807) is 0 Å². The first kappa shape index (κ1) is 12.5. The largest absolute Gasteiger partial charge is 0.491 e. The molecule has 0 aliphatic heterocycles. The summed E-state index contributed by atoms with van der Waals surface area (Å²) in [7, 11) is 0. The lowest BCUT2D eigenvalue weighted by atomic mass is 10.1. The van der Waals surface area contributed by atoms with E-state index >= 15 is 0 Å². The summed E-state index contributed by atoms with van der Waals surface area (Å²) in [5, 5.41) is 3.23. The molecular weight excluding hydrogens is 254 g/mol. The van der Waals surface area contributed by atoms with Gasteiger partial charge in [0.25, 0.3) is 0 Å². The summed E-state index contributed by atoms with van der Waals surface area (Å²) in [6, 6.07) is 8.30. The summed E-state index contributed by atoms with van der Waals surface area (Å²) in [6.07, 6.45) is 1.29. The summed E-state index contributed by atoms with van der Waals surface area (Å²) < 4.78 is 5.57. The van der Waals surface area contributed by atoms with E-state index in [4.69, 9.17) is 4.74 Å². The fourth-order valence-corrected chi connectivity index (χ4v) is 1.59. The third kappa shape index (κ3) is 5.19. The second-order valence-electron chi connectivity index (χ2n) is 3.69. The number of benzene rings is 1. The Morgan fingerprint density at radius 2 is 1.93 bits per heavy atom. The second kappa shape index (κ2) is 6.85. The van der Waals surface area contributed by atoms with Crippen LogP contribution in [0.3, 0.4) is 0 Å². The van der Waals surface area contributed by atoms with Crippen molar-refractivity contribution in [3.63, 3.8) is 0 Å². The van der Waals surface area contributed by atoms with Crippen LogP contribution in [0.5, 0.6) is 5.75 Å². The third-order valence-corrected chi connectivity index (χ3v) is 2.38. The average molecular weight is 272 g/mol. The molecule has 0 aliphatic rings. The van der Waals surface area contributed by atoms with Crippen molar-refractivity contribution < 1.29 is 4.74 Å². The van der Waals surface area contributed by atoms with Gasteiger partial charge in [0.05, 0.1) is 11.6 Å². The quantitative estimate of drug-likeness (QED) is 0.488. The molecule has 1 rings (SSSR count). The maximum atomic E-state index is 5.57. The lowest BCUT2D eigenvalue weighted by Crippen LogP contribution is -2.14. The van der Waals surface area contributed by atoms with Crippen LogP contribution >= 0.6 is 15.9 Å².